The van der Waals surface area contributed by atoms with Gasteiger partial charge in [-0.1, -0.05) is 54.1 Å². The van der Waals surface area contributed by atoms with Gasteiger partial charge in [-0.15, -0.1) is 0 Å². The Bertz CT molecular complexity index is 2030. The van der Waals surface area contributed by atoms with Crippen LogP contribution >= 0.6 is 11.6 Å². The molecule has 0 spiro atoms. The van der Waals surface area contributed by atoms with E-state index in [1.54, 1.807) is 12.1 Å². The summed E-state index contributed by atoms with van der Waals surface area (Å²) in [7, 11) is 0. The predicted octanol–water partition coefficient (Wildman–Crippen LogP) is 4.85. The Morgan fingerprint density at radius 3 is 2.09 bits per heavy atom. The molecule has 1 aromatic heterocycles. The standard InChI is InChI=1S/C37H36ClF3N8O6/c38-25-10-8-24(9-11-25)36(17-18-36)49-33-46-32(47-34(48-33)55-21-37(39,40)41)44-26-12-6-22(7-13-26)28(50)45-27(31(53)54)14-19-42-29(51)30(52)43-20-35(15-16-35)23-4-2-1-3-5-23/h1-13,27H,14-21H2,(H,42,51)(H,43,52)(H,45,50)(H,53,54)(H2,44,46,47,48,49)/t27-/m0/s1. The summed E-state index contributed by atoms with van der Waals surface area (Å²) in [6.07, 6.45) is -1.67. The summed E-state index contributed by atoms with van der Waals surface area (Å²) < 4.78 is 43.6. The number of nitrogens with one attached hydrogen (secondary N) is 5. The molecule has 3 amide bonds. The lowest BCUT2D eigenvalue weighted by Gasteiger charge is -2.19. The predicted molar refractivity (Wildman–Crippen MR) is 194 cm³/mol. The molecule has 3 aromatic carbocycles. The average Bonchev–Trinajstić information content (AvgIpc) is 4.10. The van der Waals surface area contributed by atoms with E-state index in [1.807, 2.05) is 42.5 Å². The molecule has 2 saturated carbocycles. The molecule has 2 aliphatic carbocycles. The maximum atomic E-state index is 12.9. The van der Waals surface area contributed by atoms with Gasteiger partial charge in [-0.3, -0.25) is 14.4 Å². The van der Waals surface area contributed by atoms with Crippen LogP contribution in [0.1, 0.15) is 53.6 Å². The van der Waals surface area contributed by atoms with Crippen molar-refractivity contribution in [2.24, 2.45) is 0 Å². The number of ether oxygens (including phenoxy) is 1. The van der Waals surface area contributed by atoms with E-state index < -0.39 is 54.1 Å². The van der Waals surface area contributed by atoms with Gasteiger partial charge in [0.25, 0.3) is 5.91 Å². The fourth-order valence-electron chi connectivity index (χ4n) is 5.86. The van der Waals surface area contributed by atoms with E-state index in [4.69, 9.17) is 16.3 Å². The van der Waals surface area contributed by atoms with Crippen LogP contribution in [0.15, 0.2) is 78.9 Å². The minimum atomic E-state index is -4.64. The van der Waals surface area contributed by atoms with Gasteiger partial charge >= 0.3 is 30.0 Å². The summed E-state index contributed by atoms with van der Waals surface area (Å²) in [6.45, 7) is -1.53. The summed E-state index contributed by atoms with van der Waals surface area (Å²) in [5.41, 5.74) is 1.62. The number of nitrogens with zero attached hydrogens (tertiary/aromatic N) is 3. The van der Waals surface area contributed by atoms with Crippen LogP contribution in [0.2, 0.25) is 5.02 Å². The normalized spacial score (nSPS) is 15.5. The molecule has 0 saturated heterocycles. The molecule has 0 radical (unpaired) electrons. The third kappa shape index (κ3) is 10.4. The molecule has 18 heteroatoms. The van der Waals surface area contributed by atoms with Gasteiger partial charge in [0.05, 0.1) is 5.54 Å². The molecule has 6 N–H and O–H groups in total. The number of benzene rings is 3. The Labute approximate surface area is 317 Å². The summed E-state index contributed by atoms with van der Waals surface area (Å²) in [5.74, 6) is -4.03. The number of carbonyl (C=O) groups is 4. The van der Waals surface area contributed by atoms with Crippen molar-refractivity contribution in [2.75, 3.05) is 30.3 Å². The van der Waals surface area contributed by atoms with Gasteiger partial charge in [0.15, 0.2) is 6.61 Å². The van der Waals surface area contributed by atoms with Crippen LogP contribution in [0.4, 0.5) is 30.8 Å². The van der Waals surface area contributed by atoms with Crippen LogP contribution in [-0.2, 0) is 25.3 Å². The molecule has 2 aliphatic rings. The Hall–Kier alpha value is -5.97. The second-order valence-electron chi connectivity index (χ2n) is 13.3. The largest absolute Gasteiger partial charge is 0.480 e. The zero-order valence-electron chi connectivity index (χ0n) is 29.1. The van der Waals surface area contributed by atoms with Gasteiger partial charge in [-0.2, -0.15) is 28.1 Å². The van der Waals surface area contributed by atoms with Gasteiger partial charge < -0.3 is 36.4 Å². The molecule has 1 heterocycles. The molecular formula is C37H36ClF3N8O6. The van der Waals surface area contributed by atoms with Crippen LogP contribution in [0.3, 0.4) is 0 Å². The Kier molecular flexibility index (Phi) is 11.4. The smallest absolute Gasteiger partial charge is 0.422 e. The lowest BCUT2D eigenvalue weighted by Crippen LogP contribution is -2.46. The minimum Gasteiger partial charge on any atom is -0.480 e. The van der Waals surface area contributed by atoms with Crippen molar-refractivity contribution < 1.29 is 42.2 Å². The summed E-state index contributed by atoms with van der Waals surface area (Å²) in [6, 6.07) is 20.5. The zero-order chi connectivity index (χ0) is 39.2. The van der Waals surface area contributed by atoms with Gasteiger partial charge in [0.1, 0.15) is 6.04 Å². The van der Waals surface area contributed by atoms with E-state index in [1.165, 1.54) is 24.3 Å². The molecular weight excluding hydrogens is 745 g/mol. The van der Waals surface area contributed by atoms with E-state index in [2.05, 4.69) is 41.5 Å². The van der Waals surface area contributed by atoms with Gasteiger partial charge in [-0.05, 0) is 79.6 Å². The van der Waals surface area contributed by atoms with Crippen molar-refractivity contribution in [3.8, 4) is 6.01 Å². The molecule has 0 aliphatic heterocycles. The van der Waals surface area contributed by atoms with Crippen molar-refractivity contribution in [1.82, 2.24) is 30.9 Å². The Morgan fingerprint density at radius 1 is 0.818 bits per heavy atom. The first-order valence-corrected chi connectivity index (χ1v) is 17.6. The summed E-state index contributed by atoms with van der Waals surface area (Å²) >= 11 is 6.02. The SMILES string of the molecule is O=C(NCC[C@H](NC(=O)c1ccc(Nc2nc(NC3(c4ccc(Cl)cc4)CC3)nc(OCC(F)(F)F)n2)cc1)C(=O)O)C(=O)NCC1(c2ccccc2)CC1. The highest BCUT2D eigenvalue weighted by Crippen LogP contribution is 2.48. The summed E-state index contributed by atoms with van der Waals surface area (Å²) in [4.78, 5) is 61.9. The second-order valence-corrected chi connectivity index (χ2v) is 13.8. The highest BCUT2D eigenvalue weighted by atomic mass is 35.5. The number of carboxylic acids is 1. The number of carbonyl (C=O) groups excluding carboxylic acids is 3. The van der Waals surface area contributed by atoms with Crippen LogP contribution in [0.25, 0.3) is 0 Å². The summed E-state index contributed by atoms with van der Waals surface area (Å²) in [5, 5.41) is 23.7. The van der Waals surface area contributed by atoms with Crippen molar-refractivity contribution in [1.29, 1.82) is 0 Å². The maximum absolute atomic E-state index is 12.9. The number of amides is 3. The van der Waals surface area contributed by atoms with Crippen LogP contribution in [0.5, 0.6) is 6.01 Å². The number of rotatable bonds is 16. The molecule has 288 valence electrons. The molecule has 1 atom stereocenters. The third-order valence-corrected chi connectivity index (χ3v) is 9.49. The van der Waals surface area contributed by atoms with E-state index in [-0.39, 0.29) is 35.8 Å². The molecule has 0 unspecified atom stereocenters. The third-order valence-electron chi connectivity index (χ3n) is 9.24. The highest BCUT2D eigenvalue weighted by Gasteiger charge is 2.46. The van der Waals surface area contributed by atoms with Gasteiger partial charge in [-0.25, -0.2) is 4.79 Å². The first-order valence-electron chi connectivity index (χ1n) is 17.2. The average molecular weight is 781 g/mol. The van der Waals surface area contributed by atoms with Crippen LogP contribution in [0, 0.1) is 0 Å². The number of alkyl halides is 3. The number of aromatic nitrogens is 3. The number of anilines is 3. The molecule has 55 heavy (non-hydrogen) atoms. The maximum Gasteiger partial charge on any atom is 0.422 e. The lowest BCUT2D eigenvalue weighted by molar-refractivity contribution is -0.154. The first-order chi connectivity index (χ1) is 26.2. The lowest BCUT2D eigenvalue weighted by atomic mass is 9.96. The molecule has 4 aromatic rings. The molecule has 0 bridgehead atoms. The Morgan fingerprint density at radius 2 is 1.47 bits per heavy atom. The number of carboxylic acid groups (broad SMARTS) is 1. The number of hydrogen-bond acceptors (Lipinski definition) is 10. The van der Waals surface area contributed by atoms with Crippen molar-refractivity contribution in [2.45, 2.75) is 55.3 Å². The van der Waals surface area contributed by atoms with Crippen molar-refractivity contribution in [3.63, 3.8) is 0 Å². The van der Waals surface area contributed by atoms with E-state index >= 15 is 0 Å². The molecule has 6 rings (SSSR count). The second kappa shape index (κ2) is 16.2. The fraction of sp³-hybridized carbons (Fsp3) is 0.324. The van der Waals surface area contributed by atoms with Gasteiger partial charge in [0.2, 0.25) is 11.9 Å². The number of hydrogen-bond donors (Lipinski definition) is 6. The molecule has 14 nitrogen and oxygen atoms in total. The van der Waals surface area contributed by atoms with Crippen LogP contribution in [-0.4, -0.2) is 75.7 Å². The van der Waals surface area contributed by atoms with E-state index in [0.29, 0.717) is 30.1 Å². The van der Waals surface area contributed by atoms with Gasteiger partial charge in [0, 0.05) is 34.8 Å². The monoisotopic (exact) mass is 780 g/mol. The number of halogens is 4. The topological polar surface area (TPSA) is 197 Å². The minimum absolute atomic E-state index is 0.0376. The molecule has 2 fully saturated rings. The van der Waals surface area contributed by atoms with Crippen LogP contribution < -0.4 is 31.3 Å². The zero-order valence-corrected chi connectivity index (χ0v) is 29.8. The first kappa shape index (κ1) is 38.7. The Balaban J connectivity index is 1.03. The van der Waals surface area contributed by atoms with Crippen molar-refractivity contribution in [3.05, 3.63) is 101 Å². The van der Waals surface area contributed by atoms with Crippen molar-refractivity contribution >= 4 is 52.9 Å². The highest BCUT2D eigenvalue weighted by molar-refractivity contribution is 6.35. The van der Waals surface area contributed by atoms with E-state index in [0.717, 1.165) is 24.0 Å². The quantitative estimate of drug-likeness (QED) is 0.0851. The fourth-order valence-corrected chi connectivity index (χ4v) is 5.98. The number of aliphatic carboxylic acids is 1. The van der Waals surface area contributed by atoms with E-state index in [9.17, 15) is 37.5 Å².